The number of rotatable bonds is 3. The lowest BCUT2D eigenvalue weighted by Crippen LogP contribution is -2.30. The first-order chi connectivity index (χ1) is 5.79. The van der Waals surface area contributed by atoms with Gasteiger partial charge in [0.15, 0.2) is 5.69 Å². The Balaban J connectivity index is 2.70. The van der Waals surface area contributed by atoms with E-state index in [1.807, 2.05) is 13.8 Å². The highest BCUT2D eigenvalue weighted by Gasteiger charge is 2.14. The molecule has 0 saturated heterocycles. The van der Waals surface area contributed by atoms with E-state index in [2.05, 4.69) is 8.75 Å². The zero-order chi connectivity index (χ0) is 8.97. The third kappa shape index (κ3) is 1.79. The number of amides is 1. The maximum Gasteiger partial charge on any atom is 0.275 e. The Hall–Kier alpha value is -0.970. The van der Waals surface area contributed by atoms with Crippen LogP contribution in [0.2, 0.25) is 0 Å². The van der Waals surface area contributed by atoms with Crippen molar-refractivity contribution in [2.45, 2.75) is 13.8 Å². The molecule has 0 unspecified atom stereocenters. The fourth-order valence-corrected chi connectivity index (χ4v) is 1.34. The van der Waals surface area contributed by atoms with Gasteiger partial charge in [-0.3, -0.25) is 4.79 Å². The first-order valence-electron chi connectivity index (χ1n) is 3.86. The Morgan fingerprint density at radius 1 is 1.58 bits per heavy atom. The molecule has 0 fully saturated rings. The van der Waals surface area contributed by atoms with Gasteiger partial charge in [-0.25, -0.2) is 0 Å². The van der Waals surface area contributed by atoms with Gasteiger partial charge in [0.25, 0.3) is 5.91 Å². The molecule has 12 heavy (non-hydrogen) atoms. The van der Waals surface area contributed by atoms with Gasteiger partial charge in [-0.1, -0.05) is 0 Å². The SMILES string of the molecule is CCN(CC)C(=O)c1cnsn1. The zero-order valence-electron chi connectivity index (χ0n) is 7.15. The van der Waals surface area contributed by atoms with Gasteiger partial charge in [-0.2, -0.15) is 8.75 Å². The molecule has 0 aliphatic carbocycles. The Morgan fingerprint density at radius 3 is 2.67 bits per heavy atom. The lowest BCUT2D eigenvalue weighted by molar-refractivity contribution is 0.0768. The molecule has 1 aromatic heterocycles. The summed E-state index contributed by atoms with van der Waals surface area (Å²) in [4.78, 5) is 13.2. The van der Waals surface area contributed by atoms with Gasteiger partial charge in [-0.05, 0) is 13.8 Å². The van der Waals surface area contributed by atoms with Crippen molar-refractivity contribution in [3.05, 3.63) is 11.9 Å². The Morgan fingerprint density at radius 2 is 2.25 bits per heavy atom. The van der Waals surface area contributed by atoms with Crippen molar-refractivity contribution in [3.8, 4) is 0 Å². The van der Waals surface area contributed by atoms with Crippen molar-refractivity contribution >= 4 is 17.6 Å². The van der Waals surface area contributed by atoms with Crippen LogP contribution in [0.1, 0.15) is 24.3 Å². The fraction of sp³-hybridized carbons (Fsp3) is 0.571. The smallest absolute Gasteiger partial charge is 0.275 e. The molecule has 0 spiro atoms. The van der Waals surface area contributed by atoms with E-state index < -0.39 is 0 Å². The maximum absolute atomic E-state index is 11.5. The van der Waals surface area contributed by atoms with E-state index >= 15 is 0 Å². The zero-order valence-corrected chi connectivity index (χ0v) is 7.97. The monoisotopic (exact) mass is 185 g/mol. The summed E-state index contributed by atoms with van der Waals surface area (Å²) in [6.45, 7) is 5.32. The van der Waals surface area contributed by atoms with E-state index in [9.17, 15) is 4.79 Å². The van der Waals surface area contributed by atoms with Gasteiger partial charge in [0.05, 0.1) is 17.9 Å². The summed E-state index contributed by atoms with van der Waals surface area (Å²) in [7, 11) is 0. The normalized spacial score (nSPS) is 9.83. The Labute approximate surface area is 75.5 Å². The molecule has 0 aromatic carbocycles. The molecule has 1 aromatic rings. The van der Waals surface area contributed by atoms with Crippen LogP contribution in [0.5, 0.6) is 0 Å². The molecule has 66 valence electrons. The number of hydrogen-bond donors (Lipinski definition) is 0. The second-order valence-corrected chi connectivity index (χ2v) is 2.83. The van der Waals surface area contributed by atoms with Crippen LogP contribution in [0.15, 0.2) is 6.20 Å². The first kappa shape index (κ1) is 9.12. The molecule has 0 radical (unpaired) electrons. The fourth-order valence-electron chi connectivity index (χ4n) is 0.932. The van der Waals surface area contributed by atoms with E-state index in [4.69, 9.17) is 0 Å². The van der Waals surface area contributed by atoms with Gasteiger partial charge < -0.3 is 4.90 Å². The van der Waals surface area contributed by atoms with Crippen molar-refractivity contribution in [2.75, 3.05) is 13.1 Å². The van der Waals surface area contributed by atoms with Crippen molar-refractivity contribution in [1.29, 1.82) is 0 Å². The predicted molar refractivity (Wildman–Crippen MR) is 47.2 cm³/mol. The van der Waals surface area contributed by atoms with Crippen molar-refractivity contribution < 1.29 is 4.79 Å². The molecular weight excluding hydrogens is 174 g/mol. The summed E-state index contributed by atoms with van der Waals surface area (Å²) in [5.41, 5.74) is 0.448. The van der Waals surface area contributed by atoms with Crippen LogP contribution in [0.25, 0.3) is 0 Å². The van der Waals surface area contributed by atoms with Gasteiger partial charge in [0.2, 0.25) is 0 Å². The van der Waals surface area contributed by atoms with Crippen LogP contribution < -0.4 is 0 Å². The molecule has 0 bridgehead atoms. The maximum atomic E-state index is 11.5. The molecule has 5 heteroatoms. The van der Waals surface area contributed by atoms with Crippen LogP contribution in [-0.2, 0) is 0 Å². The Kier molecular flexibility index (Phi) is 3.16. The molecule has 0 aliphatic rings. The minimum absolute atomic E-state index is 0.0336. The summed E-state index contributed by atoms with van der Waals surface area (Å²) < 4.78 is 7.65. The van der Waals surface area contributed by atoms with Gasteiger partial charge in [0, 0.05) is 13.1 Å². The third-order valence-corrected chi connectivity index (χ3v) is 2.11. The quantitative estimate of drug-likeness (QED) is 0.706. The first-order valence-corrected chi connectivity index (χ1v) is 4.59. The number of aromatic nitrogens is 2. The topological polar surface area (TPSA) is 46.1 Å². The molecule has 1 heterocycles. The molecule has 0 aliphatic heterocycles. The van der Waals surface area contributed by atoms with Crippen LogP contribution in [0.4, 0.5) is 0 Å². The highest BCUT2D eigenvalue weighted by molar-refractivity contribution is 6.99. The van der Waals surface area contributed by atoms with Crippen LogP contribution >= 0.6 is 11.7 Å². The molecule has 0 saturated carbocycles. The lowest BCUT2D eigenvalue weighted by atomic mass is 10.4. The van der Waals surface area contributed by atoms with Gasteiger partial charge in [-0.15, -0.1) is 0 Å². The summed E-state index contributed by atoms with van der Waals surface area (Å²) in [6.07, 6.45) is 1.51. The largest absolute Gasteiger partial charge is 0.338 e. The number of hydrogen-bond acceptors (Lipinski definition) is 4. The highest BCUT2D eigenvalue weighted by atomic mass is 32.1. The van der Waals surface area contributed by atoms with E-state index in [0.717, 1.165) is 11.7 Å². The number of carbonyl (C=O) groups is 1. The summed E-state index contributed by atoms with van der Waals surface area (Å²) >= 11 is 1.06. The molecule has 0 N–H and O–H groups in total. The molecule has 0 atom stereocenters. The third-order valence-electron chi connectivity index (χ3n) is 1.63. The van der Waals surface area contributed by atoms with Crippen LogP contribution in [0.3, 0.4) is 0 Å². The Bertz CT molecular complexity index is 243. The van der Waals surface area contributed by atoms with Crippen LogP contribution in [-0.4, -0.2) is 32.6 Å². The minimum atomic E-state index is -0.0336. The van der Waals surface area contributed by atoms with E-state index in [1.54, 1.807) is 4.90 Å². The summed E-state index contributed by atoms with van der Waals surface area (Å²) in [6, 6.07) is 0. The lowest BCUT2D eigenvalue weighted by Gasteiger charge is -2.16. The standard InChI is InChI=1S/C7H11N3OS/c1-3-10(4-2)7(11)6-5-8-12-9-6/h5H,3-4H2,1-2H3. The molecule has 4 nitrogen and oxygen atoms in total. The van der Waals surface area contributed by atoms with E-state index in [1.165, 1.54) is 6.20 Å². The summed E-state index contributed by atoms with van der Waals surface area (Å²) in [5, 5.41) is 0. The van der Waals surface area contributed by atoms with Crippen LogP contribution in [0, 0.1) is 0 Å². The second-order valence-electron chi connectivity index (χ2n) is 2.27. The van der Waals surface area contributed by atoms with Crippen molar-refractivity contribution in [3.63, 3.8) is 0 Å². The average molecular weight is 185 g/mol. The minimum Gasteiger partial charge on any atom is -0.338 e. The average Bonchev–Trinajstić information content (AvgIpc) is 2.58. The van der Waals surface area contributed by atoms with Crippen molar-refractivity contribution in [1.82, 2.24) is 13.6 Å². The number of carbonyl (C=O) groups excluding carboxylic acids is 1. The number of nitrogens with zero attached hydrogens (tertiary/aromatic N) is 3. The predicted octanol–water partition coefficient (Wildman–Crippen LogP) is 1.02. The molecule has 1 rings (SSSR count). The highest BCUT2D eigenvalue weighted by Crippen LogP contribution is 2.01. The van der Waals surface area contributed by atoms with Gasteiger partial charge in [0.1, 0.15) is 0 Å². The molecular formula is C7H11N3OS. The molecule has 1 amide bonds. The summed E-state index contributed by atoms with van der Waals surface area (Å²) in [5.74, 6) is -0.0336. The van der Waals surface area contributed by atoms with Gasteiger partial charge >= 0.3 is 0 Å². The van der Waals surface area contributed by atoms with Crippen molar-refractivity contribution in [2.24, 2.45) is 0 Å². The van der Waals surface area contributed by atoms with E-state index in [-0.39, 0.29) is 5.91 Å². The van der Waals surface area contributed by atoms with E-state index in [0.29, 0.717) is 18.8 Å². The second kappa shape index (κ2) is 4.15.